The molecule has 2 aromatic carbocycles. The minimum absolute atomic E-state index is 0.129. The molecule has 2 aliphatic rings. The minimum atomic E-state index is -4.59. The summed E-state index contributed by atoms with van der Waals surface area (Å²) >= 11 is 0. The topological polar surface area (TPSA) is 144 Å². The third kappa shape index (κ3) is 8.92. The number of likely N-dealkylation sites (tertiary alicyclic amines) is 1. The monoisotopic (exact) mass is 741 g/mol. The van der Waals surface area contributed by atoms with Crippen molar-refractivity contribution in [2.24, 2.45) is 5.41 Å². The van der Waals surface area contributed by atoms with Gasteiger partial charge in [0.1, 0.15) is 30.0 Å². The van der Waals surface area contributed by atoms with E-state index in [4.69, 9.17) is 4.74 Å². The number of ether oxygens (including phenoxy) is 1. The molecular formula is C37H50F3N9O4. The molecule has 3 aromatic rings. The molecule has 3 amide bonds. The van der Waals surface area contributed by atoms with E-state index in [9.17, 15) is 27.6 Å². The van der Waals surface area contributed by atoms with Crippen molar-refractivity contribution < 1.29 is 32.3 Å². The molecule has 0 aliphatic carbocycles. The zero-order chi connectivity index (χ0) is 38.7. The summed E-state index contributed by atoms with van der Waals surface area (Å²) in [7, 11) is 3.09. The summed E-state index contributed by atoms with van der Waals surface area (Å²) in [6.45, 7) is 12.8. The predicted octanol–water partition coefficient (Wildman–Crippen LogP) is 4.61. The van der Waals surface area contributed by atoms with Gasteiger partial charge in [0.25, 0.3) is 0 Å². The minimum Gasteiger partial charge on any atom is -0.494 e. The second-order valence-electron chi connectivity index (χ2n) is 14.6. The third-order valence-electron chi connectivity index (χ3n) is 10.0. The lowest BCUT2D eigenvalue weighted by molar-refractivity contribution is -0.143. The second-order valence-corrected chi connectivity index (χ2v) is 14.6. The zero-order valence-electron chi connectivity index (χ0n) is 31.4. The molecule has 1 unspecified atom stereocenters. The number of anilines is 4. The number of nitrogens with one attached hydrogen (secondary N) is 4. The molecule has 2 aliphatic heterocycles. The Bertz CT molecular complexity index is 1810. The van der Waals surface area contributed by atoms with E-state index in [-0.39, 0.29) is 34.7 Å². The first-order valence-electron chi connectivity index (χ1n) is 17.9. The number of carbonyl (C=O) groups excluding carboxylic acids is 3. The fraction of sp³-hybridized carbons (Fsp3) is 0.541. The van der Waals surface area contributed by atoms with E-state index >= 15 is 0 Å². The number of amides is 3. The van der Waals surface area contributed by atoms with Crippen LogP contribution in [-0.2, 0) is 20.6 Å². The Morgan fingerprint density at radius 1 is 1.02 bits per heavy atom. The van der Waals surface area contributed by atoms with Gasteiger partial charge >= 0.3 is 6.18 Å². The Morgan fingerprint density at radius 2 is 1.74 bits per heavy atom. The summed E-state index contributed by atoms with van der Waals surface area (Å²) in [6.07, 6.45) is -2.30. The number of hydrogen-bond donors (Lipinski definition) is 4. The molecule has 3 atom stereocenters. The van der Waals surface area contributed by atoms with E-state index in [1.54, 1.807) is 37.1 Å². The molecule has 1 aromatic heterocycles. The van der Waals surface area contributed by atoms with Gasteiger partial charge in [-0.1, -0.05) is 27.7 Å². The van der Waals surface area contributed by atoms with E-state index in [2.05, 4.69) is 36.1 Å². The van der Waals surface area contributed by atoms with Crippen LogP contribution in [0.4, 0.5) is 36.1 Å². The van der Waals surface area contributed by atoms with E-state index in [1.807, 2.05) is 27.7 Å². The third-order valence-corrected chi connectivity index (χ3v) is 10.0. The summed E-state index contributed by atoms with van der Waals surface area (Å²) in [6, 6.07) is 5.14. The van der Waals surface area contributed by atoms with Gasteiger partial charge in [-0.2, -0.15) is 13.2 Å². The lowest BCUT2D eigenvalue weighted by atomic mass is 9.85. The molecule has 2 fully saturated rings. The van der Waals surface area contributed by atoms with Crippen molar-refractivity contribution >= 4 is 51.5 Å². The van der Waals surface area contributed by atoms with Crippen LogP contribution >= 0.6 is 0 Å². The highest BCUT2D eigenvalue weighted by Gasteiger charge is 2.42. The summed E-state index contributed by atoms with van der Waals surface area (Å²) in [4.78, 5) is 54.7. The fourth-order valence-electron chi connectivity index (χ4n) is 6.74. The van der Waals surface area contributed by atoms with E-state index in [0.717, 1.165) is 12.6 Å². The number of piperazine rings is 1. The van der Waals surface area contributed by atoms with Gasteiger partial charge in [0.05, 0.1) is 29.9 Å². The fourth-order valence-corrected chi connectivity index (χ4v) is 6.74. The van der Waals surface area contributed by atoms with Gasteiger partial charge in [0, 0.05) is 55.6 Å². The Labute approximate surface area is 308 Å². The predicted molar refractivity (Wildman–Crippen MR) is 198 cm³/mol. The van der Waals surface area contributed by atoms with Crippen LogP contribution in [-0.4, -0.2) is 109 Å². The highest BCUT2D eigenvalue weighted by Crippen LogP contribution is 2.40. The van der Waals surface area contributed by atoms with Crippen molar-refractivity contribution in [1.29, 1.82) is 0 Å². The standard InChI is InChI=1S/C37H50F3N9O4/c1-8-47-14-16-48(17-15-47)28-12-11-23(18-25(28)37(38,39)40)44-32-24-19-27(30(53-7)20-26(24)42-21-43-32)45-34(51)29-10-9-13-49(29)35(52)31(36(3,4)5)46-33(50)22(2)41-6/h11-12,18-22,29,31,41H,8-10,13-17H2,1-7H3,(H,45,51)(H,46,50)(H,42,43,44)/t22-,29?,31+/m0/s1. The molecule has 288 valence electrons. The maximum absolute atomic E-state index is 14.4. The highest BCUT2D eigenvalue weighted by atomic mass is 19.4. The Hall–Kier alpha value is -4.70. The lowest BCUT2D eigenvalue weighted by Gasteiger charge is -2.36. The van der Waals surface area contributed by atoms with Crippen molar-refractivity contribution in [2.75, 3.05) is 69.0 Å². The van der Waals surface area contributed by atoms with Crippen LogP contribution in [0.25, 0.3) is 10.9 Å². The Kier molecular flexibility index (Phi) is 12.0. The zero-order valence-corrected chi connectivity index (χ0v) is 31.4. The Balaban J connectivity index is 1.40. The lowest BCUT2D eigenvalue weighted by Crippen LogP contribution is -2.59. The number of methoxy groups -OCH3 is 1. The molecule has 0 bridgehead atoms. The number of fused-ring (bicyclic) bond motifs is 1. The summed E-state index contributed by atoms with van der Waals surface area (Å²) in [5.41, 5.74) is -0.385. The van der Waals surface area contributed by atoms with Crippen LogP contribution in [0.3, 0.4) is 0 Å². The van der Waals surface area contributed by atoms with Crippen LogP contribution in [0.15, 0.2) is 36.7 Å². The molecule has 0 radical (unpaired) electrons. The van der Waals surface area contributed by atoms with Crippen molar-refractivity contribution in [3.63, 3.8) is 0 Å². The first-order chi connectivity index (χ1) is 25.0. The number of benzene rings is 2. The summed E-state index contributed by atoms with van der Waals surface area (Å²) in [5, 5.41) is 12.1. The van der Waals surface area contributed by atoms with Gasteiger partial charge in [-0.25, -0.2) is 9.97 Å². The molecule has 5 rings (SSSR count). The van der Waals surface area contributed by atoms with Crippen LogP contribution in [0.1, 0.15) is 53.0 Å². The number of carbonyl (C=O) groups is 3. The normalized spacial score (nSPS) is 18.1. The summed E-state index contributed by atoms with van der Waals surface area (Å²) in [5.74, 6) is -0.622. The first kappa shape index (κ1) is 39.5. The van der Waals surface area contributed by atoms with E-state index in [1.165, 1.54) is 24.4 Å². The average molecular weight is 742 g/mol. The van der Waals surface area contributed by atoms with Crippen LogP contribution < -0.4 is 30.9 Å². The number of nitrogens with zero attached hydrogens (tertiary/aromatic N) is 5. The van der Waals surface area contributed by atoms with Crippen LogP contribution in [0, 0.1) is 5.41 Å². The van der Waals surface area contributed by atoms with Crippen molar-refractivity contribution in [2.45, 2.75) is 71.8 Å². The molecule has 16 heteroatoms. The second kappa shape index (κ2) is 16.1. The van der Waals surface area contributed by atoms with Gasteiger partial charge in [-0.3, -0.25) is 14.4 Å². The number of halogens is 3. The average Bonchev–Trinajstić information content (AvgIpc) is 3.63. The van der Waals surface area contributed by atoms with Gasteiger partial charge in [0.15, 0.2) is 0 Å². The number of likely N-dealkylation sites (N-methyl/N-ethyl adjacent to an activating group) is 2. The first-order valence-corrected chi connectivity index (χ1v) is 17.9. The van der Waals surface area contributed by atoms with Crippen molar-refractivity contribution in [3.8, 4) is 5.75 Å². The maximum atomic E-state index is 14.4. The largest absolute Gasteiger partial charge is 0.494 e. The summed E-state index contributed by atoms with van der Waals surface area (Å²) < 4.78 is 48.8. The number of alkyl halides is 3. The number of rotatable bonds is 11. The molecule has 3 heterocycles. The highest BCUT2D eigenvalue weighted by molar-refractivity contribution is 6.03. The van der Waals surface area contributed by atoms with Gasteiger partial charge in [-0.05, 0) is 63.0 Å². The molecule has 4 N–H and O–H groups in total. The van der Waals surface area contributed by atoms with Gasteiger partial charge in [0.2, 0.25) is 17.7 Å². The van der Waals surface area contributed by atoms with Gasteiger partial charge < -0.3 is 40.7 Å². The smallest absolute Gasteiger partial charge is 0.418 e. The molecule has 53 heavy (non-hydrogen) atoms. The van der Waals surface area contributed by atoms with Gasteiger partial charge in [-0.15, -0.1) is 0 Å². The molecule has 0 saturated carbocycles. The Morgan fingerprint density at radius 3 is 2.36 bits per heavy atom. The quantitative estimate of drug-likeness (QED) is 0.220. The van der Waals surface area contributed by atoms with Crippen molar-refractivity contribution in [1.82, 2.24) is 30.4 Å². The maximum Gasteiger partial charge on any atom is 0.418 e. The van der Waals surface area contributed by atoms with Crippen molar-refractivity contribution in [3.05, 3.63) is 42.2 Å². The number of hydrogen-bond acceptors (Lipinski definition) is 10. The molecular weight excluding hydrogens is 691 g/mol. The van der Waals surface area contributed by atoms with E-state index < -0.39 is 41.2 Å². The van der Waals surface area contributed by atoms with Crippen LogP contribution in [0.2, 0.25) is 0 Å². The molecule has 2 saturated heterocycles. The van der Waals surface area contributed by atoms with E-state index in [0.29, 0.717) is 62.2 Å². The number of aromatic nitrogens is 2. The van der Waals surface area contributed by atoms with Crippen LogP contribution in [0.5, 0.6) is 5.75 Å². The SMILES string of the molecule is CCN1CCN(c2ccc(Nc3ncnc4cc(OC)c(NC(=O)C5CCCN5C(=O)[C@@H](NC(=O)[C@H](C)NC)C(C)(C)C)cc34)cc2C(F)(F)F)CC1. The molecule has 13 nitrogen and oxygen atoms in total. The molecule has 0 spiro atoms.